The van der Waals surface area contributed by atoms with Gasteiger partial charge in [0.15, 0.2) is 0 Å². The van der Waals surface area contributed by atoms with E-state index in [1.807, 2.05) is 12.1 Å². The molecular formula is C15H18O2. The fourth-order valence-corrected chi connectivity index (χ4v) is 2.89. The SMILES string of the molecule is OC1C=C(CC2CCOc3ccccc32)CC1. The molecule has 0 amide bonds. The van der Waals surface area contributed by atoms with E-state index in [0.717, 1.165) is 38.0 Å². The Hall–Kier alpha value is -1.28. The maximum absolute atomic E-state index is 9.52. The van der Waals surface area contributed by atoms with E-state index in [0.29, 0.717) is 5.92 Å². The molecule has 2 aliphatic rings. The van der Waals surface area contributed by atoms with Crippen molar-refractivity contribution in [1.29, 1.82) is 0 Å². The summed E-state index contributed by atoms with van der Waals surface area (Å²) in [7, 11) is 0. The van der Waals surface area contributed by atoms with Crippen molar-refractivity contribution in [2.75, 3.05) is 6.61 Å². The van der Waals surface area contributed by atoms with Crippen LogP contribution in [-0.2, 0) is 0 Å². The molecule has 1 heterocycles. The fraction of sp³-hybridized carbons (Fsp3) is 0.467. The molecule has 0 bridgehead atoms. The second-order valence-electron chi connectivity index (χ2n) is 5.01. The zero-order valence-corrected chi connectivity index (χ0v) is 9.93. The summed E-state index contributed by atoms with van der Waals surface area (Å²) in [4.78, 5) is 0. The molecule has 2 unspecified atom stereocenters. The number of aliphatic hydroxyl groups excluding tert-OH is 1. The standard InChI is InChI=1S/C15H18O2/c16-13-6-5-11(10-13)9-12-7-8-17-15-4-2-1-3-14(12)15/h1-4,10,12-13,16H,5-9H2. The van der Waals surface area contributed by atoms with Crippen LogP contribution in [0.5, 0.6) is 5.75 Å². The molecule has 0 saturated carbocycles. The monoisotopic (exact) mass is 230 g/mol. The van der Waals surface area contributed by atoms with E-state index >= 15 is 0 Å². The number of aliphatic hydroxyl groups is 1. The summed E-state index contributed by atoms with van der Waals surface area (Å²) >= 11 is 0. The molecule has 1 aromatic carbocycles. The highest BCUT2D eigenvalue weighted by molar-refractivity contribution is 5.38. The van der Waals surface area contributed by atoms with Crippen LogP contribution in [0.2, 0.25) is 0 Å². The van der Waals surface area contributed by atoms with Gasteiger partial charge in [0.1, 0.15) is 5.75 Å². The van der Waals surface area contributed by atoms with E-state index in [9.17, 15) is 5.11 Å². The van der Waals surface area contributed by atoms with Gasteiger partial charge in [-0.1, -0.05) is 29.8 Å². The minimum atomic E-state index is -0.208. The van der Waals surface area contributed by atoms with E-state index in [4.69, 9.17) is 4.74 Å². The normalized spacial score (nSPS) is 27.2. The Labute approximate surface area is 102 Å². The summed E-state index contributed by atoms with van der Waals surface area (Å²) in [5.41, 5.74) is 2.75. The summed E-state index contributed by atoms with van der Waals surface area (Å²) in [6, 6.07) is 8.34. The number of hydrogen-bond acceptors (Lipinski definition) is 2. The third kappa shape index (κ3) is 2.22. The van der Waals surface area contributed by atoms with Gasteiger partial charge in [0.2, 0.25) is 0 Å². The van der Waals surface area contributed by atoms with Gasteiger partial charge in [-0.05, 0) is 43.2 Å². The maximum Gasteiger partial charge on any atom is 0.122 e. The molecule has 0 spiro atoms. The first kappa shape index (κ1) is 10.8. The molecule has 0 fully saturated rings. The maximum atomic E-state index is 9.52. The zero-order valence-electron chi connectivity index (χ0n) is 9.93. The van der Waals surface area contributed by atoms with Crippen molar-refractivity contribution in [2.45, 2.75) is 37.7 Å². The van der Waals surface area contributed by atoms with Crippen LogP contribution in [0, 0.1) is 0 Å². The summed E-state index contributed by atoms with van der Waals surface area (Å²) in [6.45, 7) is 0.817. The van der Waals surface area contributed by atoms with Crippen molar-refractivity contribution in [3.63, 3.8) is 0 Å². The number of rotatable bonds is 2. The first-order valence-corrected chi connectivity index (χ1v) is 6.42. The predicted molar refractivity (Wildman–Crippen MR) is 67.2 cm³/mol. The molecule has 90 valence electrons. The second-order valence-corrected chi connectivity index (χ2v) is 5.01. The van der Waals surface area contributed by atoms with Gasteiger partial charge in [-0.25, -0.2) is 0 Å². The first-order chi connectivity index (χ1) is 8.33. The van der Waals surface area contributed by atoms with Crippen LogP contribution in [0.1, 0.15) is 37.2 Å². The minimum absolute atomic E-state index is 0.208. The Bertz CT molecular complexity index is 436. The van der Waals surface area contributed by atoms with Gasteiger partial charge in [-0.2, -0.15) is 0 Å². The molecule has 2 heteroatoms. The Morgan fingerprint density at radius 1 is 1.24 bits per heavy atom. The quantitative estimate of drug-likeness (QED) is 0.791. The molecule has 1 aliphatic carbocycles. The number of allylic oxidation sites excluding steroid dienone is 1. The lowest BCUT2D eigenvalue weighted by molar-refractivity contribution is 0.223. The van der Waals surface area contributed by atoms with Crippen LogP contribution in [0.15, 0.2) is 35.9 Å². The number of ether oxygens (including phenoxy) is 1. The van der Waals surface area contributed by atoms with E-state index in [-0.39, 0.29) is 6.10 Å². The van der Waals surface area contributed by atoms with Crippen molar-refractivity contribution in [2.24, 2.45) is 0 Å². The highest BCUT2D eigenvalue weighted by atomic mass is 16.5. The fourth-order valence-electron chi connectivity index (χ4n) is 2.89. The van der Waals surface area contributed by atoms with Gasteiger partial charge in [0, 0.05) is 0 Å². The third-order valence-electron chi connectivity index (χ3n) is 3.78. The lowest BCUT2D eigenvalue weighted by Gasteiger charge is -2.26. The van der Waals surface area contributed by atoms with Gasteiger partial charge in [0.25, 0.3) is 0 Å². The van der Waals surface area contributed by atoms with Crippen LogP contribution in [0.25, 0.3) is 0 Å². The Balaban J connectivity index is 1.79. The second kappa shape index (κ2) is 4.53. The summed E-state index contributed by atoms with van der Waals surface area (Å²) in [6.07, 6.45) is 5.96. The van der Waals surface area contributed by atoms with Crippen LogP contribution in [0.4, 0.5) is 0 Å². The van der Waals surface area contributed by atoms with Gasteiger partial charge >= 0.3 is 0 Å². The van der Waals surface area contributed by atoms with Gasteiger partial charge in [0.05, 0.1) is 12.7 Å². The van der Waals surface area contributed by atoms with Crippen molar-refractivity contribution < 1.29 is 9.84 Å². The van der Waals surface area contributed by atoms with E-state index in [1.165, 1.54) is 11.1 Å². The molecule has 1 aromatic rings. The van der Waals surface area contributed by atoms with Crippen LogP contribution >= 0.6 is 0 Å². The molecule has 17 heavy (non-hydrogen) atoms. The lowest BCUT2D eigenvalue weighted by atomic mass is 9.87. The number of fused-ring (bicyclic) bond motifs is 1. The average molecular weight is 230 g/mol. The van der Waals surface area contributed by atoms with Crippen molar-refractivity contribution >= 4 is 0 Å². The molecular weight excluding hydrogens is 212 g/mol. The smallest absolute Gasteiger partial charge is 0.122 e. The first-order valence-electron chi connectivity index (χ1n) is 6.42. The summed E-state index contributed by atoms with van der Waals surface area (Å²) in [5.74, 6) is 1.61. The van der Waals surface area contributed by atoms with Crippen LogP contribution in [0.3, 0.4) is 0 Å². The summed E-state index contributed by atoms with van der Waals surface area (Å²) in [5, 5.41) is 9.52. The van der Waals surface area contributed by atoms with Gasteiger partial charge in [-0.3, -0.25) is 0 Å². The average Bonchev–Trinajstić information content (AvgIpc) is 2.75. The highest BCUT2D eigenvalue weighted by Crippen LogP contribution is 2.39. The molecule has 1 N–H and O–H groups in total. The van der Waals surface area contributed by atoms with Crippen molar-refractivity contribution in [3.8, 4) is 5.75 Å². The number of para-hydroxylation sites is 1. The van der Waals surface area contributed by atoms with Crippen LogP contribution in [-0.4, -0.2) is 17.8 Å². The Morgan fingerprint density at radius 2 is 2.12 bits per heavy atom. The molecule has 0 saturated heterocycles. The molecule has 1 aliphatic heterocycles. The lowest BCUT2D eigenvalue weighted by Crippen LogP contribution is -2.14. The van der Waals surface area contributed by atoms with Crippen molar-refractivity contribution in [3.05, 3.63) is 41.5 Å². The minimum Gasteiger partial charge on any atom is -0.493 e. The van der Waals surface area contributed by atoms with Gasteiger partial charge < -0.3 is 9.84 Å². The van der Waals surface area contributed by atoms with E-state index in [1.54, 1.807) is 0 Å². The molecule has 2 atom stereocenters. The largest absolute Gasteiger partial charge is 0.493 e. The van der Waals surface area contributed by atoms with Crippen molar-refractivity contribution in [1.82, 2.24) is 0 Å². The highest BCUT2D eigenvalue weighted by Gasteiger charge is 2.23. The number of hydrogen-bond donors (Lipinski definition) is 1. The molecule has 0 aromatic heterocycles. The molecule has 3 rings (SSSR count). The predicted octanol–water partition coefficient (Wildman–Crippen LogP) is 3.02. The Morgan fingerprint density at radius 3 is 2.94 bits per heavy atom. The summed E-state index contributed by atoms with van der Waals surface area (Å²) < 4.78 is 5.67. The molecule has 0 radical (unpaired) electrons. The third-order valence-corrected chi connectivity index (χ3v) is 3.78. The Kier molecular flexibility index (Phi) is 2.89. The topological polar surface area (TPSA) is 29.5 Å². The van der Waals surface area contributed by atoms with Gasteiger partial charge in [-0.15, -0.1) is 0 Å². The van der Waals surface area contributed by atoms with Crippen LogP contribution < -0.4 is 4.74 Å². The zero-order chi connectivity index (χ0) is 11.7. The molecule has 2 nitrogen and oxygen atoms in total. The van der Waals surface area contributed by atoms with E-state index < -0.39 is 0 Å². The van der Waals surface area contributed by atoms with E-state index in [2.05, 4.69) is 18.2 Å². The number of benzene rings is 1.